The van der Waals surface area contributed by atoms with E-state index in [-0.39, 0.29) is 11.9 Å². The third-order valence-corrected chi connectivity index (χ3v) is 5.81. The fourth-order valence-electron chi connectivity index (χ4n) is 3.53. The zero-order valence-corrected chi connectivity index (χ0v) is 16.3. The third kappa shape index (κ3) is 3.40. The molecule has 0 fully saturated rings. The molecule has 2 aromatic heterocycles. The molecule has 0 saturated heterocycles. The topological polar surface area (TPSA) is 25.2 Å². The summed E-state index contributed by atoms with van der Waals surface area (Å²) in [7, 11) is 1.87. The molecular formula is C23H22N2OS. The van der Waals surface area contributed by atoms with E-state index in [1.807, 2.05) is 61.6 Å². The number of carbonyl (C=O) groups excluding carboxylic acids is 1. The molecular weight excluding hydrogens is 352 g/mol. The first-order valence-electron chi connectivity index (χ1n) is 9.08. The first-order chi connectivity index (χ1) is 13.1. The maximum Gasteiger partial charge on any atom is 0.270 e. The van der Waals surface area contributed by atoms with Crippen molar-refractivity contribution in [1.82, 2.24) is 9.47 Å². The van der Waals surface area contributed by atoms with Crippen molar-refractivity contribution < 1.29 is 4.79 Å². The molecule has 0 bridgehead atoms. The number of thiophene rings is 1. The second-order valence-corrected chi connectivity index (χ2v) is 7.75. The van der Waals surface area contributed by atoms with Gasteiger partial charge in [0.25, 0.3) is 5.91 Å². The van der Waals surface area contributed by atoms with Crippen LogP contribution in [0.1, 0.15) is 34.6 Å². The maximum atomic E-state index is 13.3. The Balaban J connectivity index is 1.71. The lowest BCUT2D eigenvalue weighted by Gasteiger charge is -2.22. The molecule has 1 amide bonds. The van der Waals surface area contributed by atoms with E-state index < -0.39 is 0 Å². The lowest BCUT2D eigenvalue weighted by atomic mass is 10.1. The number of amides is 1. The molecule has 27 heavy (non-hydrogen) atoms. The summed E-state index contributed by atoms with van der Waals surface area (Å²) >= 11 is 1.68. The summed E-state index contributed by atoms with van der Waals surface area (Å²) in [4.78, 5) is 15.1. The molecule has 3 nitrogen and oxygen atoms in total. The van der Waals surface area contributed by atoms with Crippen LogP contribution < -0.4 is 0 Å². The smallest absolute Gasteiger partial charge is 0.270 e. The van der Waals surface area contributed by atoms with Crippen LogP contribution in [0.25, 0.3) is 10.2 Å². The van der Waals surface area contributed by atoms with Gasteiger partial charge in [0.1, 0.15) is 5.69 Å². The summed E-state index contributed by atoms with van der Waals surface area (Å²) in [5.41, 5.74) is 4.18. The van der Waals surface area contributed by atoms with Crippen LogP contribution in [-0.4, -0.2) is 22.4 Å². The Kier molecular flexibility index (Phi) is 4.82. The van der Waals surface area contributed by atoms with Gasteiger partial charge in [-0.1, -0.05) is 60.7 Å². The molecule has 0 aliphatic rings. The number of hydrogen-bond donors (Lipinski definition) is 0. The van der Waals surface area contributed by atoms with Crippen LogP contribution >= 0.6 is 11.3 Å². The SMILES string of the molecule is C[C@H](c1ccccc1)n1c(C(=O)N(C)Cc2ccccc2)cc2sccc21. The van der Waals surface area contributed by atoms with Gasteiger partial charge in [0.05, 0.1) is 16.3 Å². The van der Waals surface area contributed by atoms with Crippen LogP contribution in [0.15, 0.2) is 78.2 Å². The Morgan fingerprint density at radius 3 is 2.41 bits per heavy atom. The molecule has 0 aliphatic carbocycles. The summed E-state index contributed by atoms with van der Waals surface area (Å²) in [6.07, 6.45) is 0. The molecule has 0 aliphatic heterocycles. The predicted octanol–water partition coefficient (Wildman–Crippen LogP) is 5.58. The number of rotatable bonds is 5. The quantitative estimate of drug-likeness (QED) is 0.447. The van der Waals surface area contributed by atoms with Gasteiger partial charge in [-0.2, -0.15) is 0 Å². The minimum absolute atomic E-state index is 0.0463. The summed E-state index contributed by atoms with van der Waals surface area (Å²) in [5, 5.41) is 2.08. The third-order valence-electron chi connectivity index (χ3n) is 4.96. The number of benzene rings is 2. The van der Waals surface area contributed by atoms with Gasteiger partial charge >= 0.3 is 0 Å². The Morgan fingerprint density at radius 1 is 1.04 bits per heavy atom. The van der Waals surface area contributed by atoms with Gasteiger partial charge in [-0.3, -0.25) is 4.79 Å². The second-order valence-electron chi connectivity index (χ2n) is 6.80. The van der Waals surface area contributed by atoms with E-state index in [4.69, 9.17) is 0 Å². The van der Waals surface area contributed by atoms with Crippen LogP contribution in [0.4, 0.5) is 0 Å². The molecule has 2 aromatic carbocycles. The fraction of sp³-hybridized carbons (Fsp3) is 0.174. The fourth-order valence-corrected chi connectivity index (χ4v) is 4.34. The molecule has 0 unspecified atom stereocenters. The molecule has 0 radical (unpaired) electrons. The van der Waals surface area contributed by atoms with Gasteiger partial charge in [0.15, 0.2) is 0 Å². The highest BCUT2D eigenvalue weighted by Crippen LogP contribution is 2.32. The van der Waals surface area contributed by atoms with Crippen molar-refractivity contribution in [2.24, 2.45) is 0 Å². The first-order valence-corrected chi connectivity index (χ1v) is 9.96. The average Bonchev–Trinajstić information content (AvgIpc) is 3.29. The number of carbonyl (C=O) groups is 1. The van der Waals surface area contributed by atoms with Crippen LogP contribution in [0.3, 0.4) is 0 Å². The van der Waals surface area contributed by atoms with E-state index in [2.05, 4.69) is 35.1 Å². The highest BCUT2D eigenvalue weighted by atomic mass is 32.1. The van der Waals surface area contributed by atoms with Gasteiger partial charge in [0, 0.05) is 13.6 Å². The van der Waals surface area contributed by atoms with Crippen LogP contribution in [0, 0.1) is 0 Å². The molecule has 4 aromatic rings. The molecule has 4 heteroatoms. The molecule has 0 N–H and O–H groups in total. The van der Waals surface area contributed by atoms with Crippen molar-refractivity contribution in [3.8, 4) is 0 Å². The maximum absolute atomic E-state index is 13.3. The van der Waals surface area contributed by atoms with Gasteiger partial charge < -0.3 is 9.47 Å². The molecule has 136 valence electrons. The lowest BCUT2D eigenvalue weighted by molar-refractivity contribution is 0.0774. The summed E-state index contributed by atoms with van der Waals surface area (Å²) < 4.78 is 3.32. The highest BCUT2D eigenvalue weighted by molar-refractivity contribution is 7.17. The van der Waals surface area contributed by atoms with Crippen molar-refractivity contribution >= 4 is 27.5 Å². The first kappa shape index (κ1) is 17.6. The second kappa shape index (κ2) is 7.41. The summed E-state index contributed by atoms with van der Waals surface area (Å²) in [6.45, 7) is 2.75. The normalized spacial score (nSPS) is 12.2. The van der Waals surface area contributed by atoms with E-state index in [9.17, 15) is 4.79 Å². The minimum atomic E-state index is 0.0463. The Morgan fingerprint density at radius 2 is 1.70 bits per heavy atom. The van der Waals surface area contributed by atoms with Crippen molar-refractivity contribution in [1.29, 1.82) is 0 Å². The van der Waals surface area contributed by atoms with E-state index in [0.29, 0.717) is 6.54 Å². The van der Waals surface area contributed by atoms with Gasteiger partial charge in [-0.25, -0.2) is 0 Å². The molecule has 4 rings (SSSR count). The molecule has 0 spiro atoms. The Bertz CT molecular complexity index is 1050. The lowest BCUT2D eigenvalue weighted by Crippen LogP contribution is -2.29. The van der Waals surface area contributed by atoms with E-state index >= 15 is 0 Å². The molecule has 2 heterocycles. The minimum Gasteiger partial charge on any atom is -0.336 e. The Hall–Kier alpha value is -2.85. The predicted molar refractivity (Wildman–Crippen MR) is 112 cm³/mol. The van der Waals surface area contributed by atoms with Gasteiger partial charge in [-0.05, 0) is 35.6 Å². The van der Waals surface area contributed by atoms with Crippen molar-refractivity contribution in [3.63, 3.8) is 0 Å². The zero-order valence-electron chi connectivity index (χ0n) is 15.5. The number of fused-ring (bicyclic) bond motifs is 1. The van der Waals surface area contributed by atoms with E-state index in [1.54, 1.807) is 16.2 Å². The van der Waals surface area contributed by atoms with Crippen molar-refractivity contribution in [2.75, 3.05) is 7.05 Å². The summed E-state index contributed by atoms with van der Waals surface area (Å²) in [5.74, 6) is 0.0463. The molecule has 0 saturated carbocycles. The standard InChI is InChI=1S/C23H22N2OS/c1-17(19-11-7-4-8-12-19)25-20-13-14-27-22(20)15-21(25)23(26)24(2)16-18-9-5-3-6-10-18/h3-15,17H,16H2,1-2H3/t17-/m1/s1. The summed E-state index contributed by atoms with van der Waals surface area (Å²) in [6, 6.07) is 24.7. The monoisotopic (exact) mass is 374 g/mol. The zero-order chi connectivity index (χ0) is 18.8. The average molecular weight is 375 g/mol. The van der Waals surface area contributed by atoms with Gasteiger partial charge in [-0.15, -0.1) is 11.3 Å². The number of nitrogens with zero attached hydrogens (tertiary/aromatic N) is 2. The van der Waals surface area contributed by atoms with E-state index in [1.165, 1.54) is 5.56 Å². The highest BCUT2D eigenvalue weighted by Gasteiger charge is 2.23. The van der Waals surface area contributed by atoms with Crippen LogP contribution in [-0.2, 0) is 6.54 Å². The van der Waals surface area contributed by atoms with E-state index in [0.717, 1.165) is 21.5 Å². The number of aromatic nitrogens is 1. The number of hydrogen-bond acceptors (Lipinski definition) is 2. The Labute approximate surface area is 163 Å². The van der Waals surface area contributed by atoms with Crippen LogP contribution in [0.2, 0.25) is 0 Å². The largest absolute Gasteiger partial charge is 0.336 e. The van der Waals surface area contributed by atoms with Crippen molar-refractivity contribution in [2.45, 2.75) is 19.5 Å². The van der Waals surface area contributed by atoms with Crippen LogP contribution in [0.5, 0.6) is 0 Å². The van der Waals surface area contributed by atoms with Crippen molar-refractivity contribution in [3.05, 3.63) is 95.0 Å². The molecule has 1 atom stereocenters. The van der Waals surface area contributed by atoms with Gasteiger partial charge in [0.2, 0.25) is 0 Å².